The molecule has 0 N–H and O–H groups in total. The first kappa shape index (κ1) is 73.0. The molecule has 0 unspecified atom stereocenters. The molecule has 93 heavy (non-hydrogen) atoms. The number of hydrogen-bond acceptors (Lipinski definition) is 24. The molecule has 11 rings (SSSR count). The molecule has 23 nitrogen and oxygen atoms in total. The molecule has 0 saturated heterocycles. The average Bonchev–Trinajstić information content (AvgIpc) is 2.37. The lowest BCUT2D eigenvalue weighted by atomic mass is 10.1. The minimum absolute atomic E-state index is 0.649. The van der Waals surface area contributed by atoms with E-state index in [-0.39, 0.29) is 0 Å². The van der Waals surface area contributed by atoms with Gasteiger partial charge in [0.1, 0.15) is 111 Å². The highest BCUT2D eigenvalue weighted by molar-refractivity contribution is 7.10. The Morgan fingerprint density at radius 3 is 1.01 bits per heavy atom. The van der Waals surface area contributed by atoms with E-state index in [1.165, 1.54) is 16.0 Å². The predicted molar refractivity (Wildman–Crippen MR) is 367 cm³/mol. The molecule has 2 aromatic carbocycles. The molecule has 0 aliphatic carbocycles. The Balaban J connectivity index is 0.000000200. The smallest absolute Gasteiger partial charge is 0.156 e. The fourth-order valence-electron chi connectivity index (χ4n) is 8.17. The highest BCUT2D eigenvalue weighted by Crippen LogP contribution is 2.15. The van der Waals surface area contributed by atoms with Gasteiger partial charge in [0.2, 0.25) is 0 Å². The van der Waals surface area contributed by atoms with Crippen LogP contribution < -0.4 is 4.74 Å². The monoisotopic (exact) mass is 1270 g/mol. The molecule has 9 heterocycles. The first-order chi connectivity index (χ1) is 44.4. The third kappa shape index (κ3) is 29.2. The Bertz CT molecular complexity index is 3890. The zero-order chi connectivity index (χ0) is 67.8. The molecule has 0 fully saturated rings. The van der Waals surface area contributed by atoms with Gasteiger partial charge in [0, 0.05) is 11.3 Å². The van der Waals surface area contributed by atoms with Crippen LogP contribution in [-0.4, -0.2) is 112 Å². The highest BCUT2D eigenvalue weighted by Gasteiger charge is 2.02. The van der Waals surface area contributed by atoms with Crippen LogP contribution >= 0.6 is 11.3 Å². The van der Waals surface area contributed by atoms with Crippen molar-refractivity contribution in [3.8, 4) is 5.75 Å². The number of methoxy groups -OCH3 is 1. The Morgan fingerprint density at radius 1 is 0.333 bits per heavy atom. The number of furan rings is 1. The molecule has 11 aromatic rings. The zero-order valence-electron chi connectivity index (χ0n) is 56.5. The van der Waals surface area contributed by atoms with Crippen molar-refractivity contribution < 1.29 is 9.15 Å². The molecule has 9 aromatic heterocycles. The zero-order valence-corrected chi connectivity index (χ0v) is 57.3. The SMILES string of the molecule is CCc1nc(C)nc(C)n1.COc1ccc(/C=C/c2nc(C)nc(C)n2)cc1.Cc1nc(C)nc(/C=C/c2ccccc2C)n1.Cc1nc(C)nc(/C=C/c2ccco2)n1.Cc1nc(C)nc(/C=C/c2cccs2)n1.Cc1nc(C)nc(C)n1.Cc1nc(C)nc(C)n1. The number of ether oxygens (including phenoxy) is 1. The van der Waals surface area contributed by atoms with E-state index in [4.69, 9.17) is 9.15 Å². The fourth-order valence-corrected chi connectivity index (χ4v) is 8.78. The van der Waals surface area contributed by atoms with E-state index in [9.17, 15) is 0 Å². The summed E-state index contributed by atoms with van der Waals surface area (Å²) >= 11 is 1.69. The van der Waals surface area contributed by atoms with Crippen LogP contribution in [0, 0.1) is 118 Å². The normalized spacial score (nSPS) is 10.6. The Kier molecular flexibility index (Phi) is 29.9. The maximum atomic E-state index is 5.16. The van der Waals surface area contributed by atoms with Crippen molar-refractivity contribution in [2.24, 2.45) is 0 Å². The standard InChI is InChI=1S/C14H15N3O.C14H15N3.C11H11N3O.C11H11N3S.C7H11N3.2C6H9N3/c1-10-15-11(2)17-14(16-10)9-6-12-4-7-13(18-3)8-5-12;1-10-6-4-5-7-13(10)8-9-14-16-11(2)15-12(3)17-14;2*1-8-12-9(2)14-11(13-8)6-5-10-4-3-7-15-10;1-4-7-9-5(2)8-6(3)10-7;2*1-4-7-5(2)9-6(3)8-4/h4-9H,1-3H3;4-9H,1-3H3;2*3-7H,1-2H3;4H2,1-3H3;2*1-3H3/b9-6+;9-8+;2*6-5+;;;. The summed E-state index contributed by atoms with van der Waals surface area (Å²) in [6.07, 6.45) is 17.9. The summed E-state index contributed by atoms with van der Waals surface area (Å²) in [5.41, 5.74) is 3.50. The highest BCUT2D eigenvalue weighted by atomic mass is 32.1. The van der Waals surface area contributed by atoms with E-state index >= 15 is 0 Å². The van der Waals surface area contributed by atoms with Gasteiger partial charge in [-0.2, -0.15) is 0 Å². The van der Waals surface area contributed by atoms with E-state index in [1.54, 1.807) is 30.8 Å². The Labute approximate surface area is 549 Å². The van der Waals surface area contributed by atoms with Crippen molar-refractivity contribution in [2.45, 2.75) is 131 Å². The maximum Gasteiger partial charge on any atom is 0.156 e. The number of aromatic nitrogens is 21. The van der Waals surface area contributed by atoms with Crippen LogP contribution in [0.1, 0.15) is 157 Å². The van der Waals surface area contributed by atoms with Crippen molar-refractivity contribution in [1.29, 1.82) is 0 Å². The van der Waals surface area contributed by atoms with E-state index in [0.29, 0.717) is 23.3 Å². The van der Waals surface area contributed by atoms with Gasteiger partial charge in [-0.25, -0.2) is 105 Å². The van der Waals surface area contributed by atoms with Crippen LogP contribution in [0.3, 0.4) is 0 Å². The third-order valence-electron chi connectivity index (χ3n) is 11.7. The van der Waals surface area contributed by atoms with Crippen LogP contribution in [0.15, 0.2) is 88.9 Å². The largest absolute Gasteiger partial charge is 0.497 e. The lowest BCUT2D eigenvalue weighted by Gasteiger charge is -1.99. The summed E-state index contributed by atoms with van der Waals surface area (Å²) in [5, 5.41) is 2.05. The first-order valence-electron chi connectivity index (χ1n) is 29.6. The molecule has 0 atom stereocenters. The molecule has 0 aliphatic heterocycles. The minimum Gasteiger partial charge on any atom is -0.497 e. The van der Waals surface area contributed by atoms with Crippen LogP contribution in [0.5, 0.6) is 5.75 Å². The van der Waals surface area contributed by atoms with Crippen LogP contribution in [0.25, 0.3) is 48.6 Å². The quantitative estimate of drug-likeness (QED) is 0.123. The lowest BCUT2D eigenvalue weighted by Crippen LogP contribution is -2.00. The summed E-state index contributed by atoms with van der Waals surface area (Å²) in [4.78, 5) is 88.0. The molecule has 480 valence electrons. The van der Waals surface area contributed by atoms with Gasteiger partial charge in [-0.1, -0.05) is 61.5 Å². The molecule has 0 amide bonds. The molecular formula is C69H81N21O2S. The molecule has 0 spiro atoms. The predicted octanol–water partition coefficient (Wildman–Crippen LogP) is 13.3. The van der Waals surface area contributed by atoms with Crippen molar-refractivity contribution >= 4 is 59.9 Å². The summed E-state index contributed by atoms with van der Waals surface area (Å²) < 4.78 is 10.3. The van der Waals surface area contributed by atoms with Gasteiger partial charge in [0.05, 0.1) is 13.4 Å². The summed E-state index contributed by atoms with van der Waals surface area (Å²) in [6.45, 7) is 34.0. The third-order valence-corrected chi connectivity index (χ3v) is 12.5. The summed E-state index contributed by atoms with van der Waals surface area (Å²) in [5.74, 6) is 17.6. The topological polar surface area (TPSA) is 293 Å². The van der Waals surface area contributed by atoms with Gasteiger partial charge in [0.25, 0.3) is 0 Å². The van der Waals surface area contributed by atoms with Gasteiger partial charge in [-0.05, 0) is 207 Å². The summed E-state index contributed by atoms with van der Waals surface area (Å²) in [6, 6.07) is 23.8. The second kappa shape index (κ2) is 38.1. The summed E-state index contributed by atoms with van der Waals surface area (Å²) in [7, 11) is 1.65. The van der Waals surface area contributed by atoms with Crippen LogP contribution in [0.4, 0.5) is 0 Å². The average molecular weight is 1270 g/mol. The number of rotatable bonds is 10. The fraction of sp³-hybridized carbons (Fsp3) is 0.290. The van der Waals surface area contributed by atoms with Crippen molar-refractivity contribution in [3.05, 3.63) is 234 Å². The van der Waals surface area contributed by atoms with E-state index in [1.807, 2.05) is 220 Å². The van der Waals surface area contributed by atoms with Gasteiger partial charge in [0.15, 0.2) is 23.3 Å². The van der Waals surface area contributed by atoms with E-state index < -0.39 is 0 Å². The van der Waals surface area contributed by atoms with E-state index in [0.717, 1.165) is 123 Å². The Morgan fingerprint density at radius 2 is 0.677 bits per heavy atom. The second-order valence-corrected chi connectivity index (χ2v) is 21.3. The maximum absolute atomic E-state index is 5.16. The van der Waals surface area contributed by atoms with Gasteiger partial charge in [-0.3, -0.25) is 0 Å². The van der Waals surface area contributed by atoms with Gasteiger partial charge in [-0.15, -0.1) is 11.3 Å². The number of benzene rings is 2. The first-order valence-corrected chi connectivity index (χ1v) is 30.5. The van der Waals surface area contributed by atoms with Crippen molar-refractivity contribution in [2.75, 3.05) is 7.11 Å². The van der Waals surface area contributed by atoms with Crippen molar-refractivity contribution in [3.63, 3.8) is 0 Å². The van der Waals surface area contributed by atoms with E-state index in [2.05, 4.69) is 130 Å². The molecule has 0 saturated carbocycles. The van der Waals surface area contributed by atoms with Gasteiger partial charge >= 0.3 is 0 Å². The molecule has 0 aliphatic rings. The number of aryl methyl sites for hydroxylation is 18. The number of nitrogens with zero attached hydrogens (tertiary/aromatic N) is 21. The minimum atomic E-state index is 0.649. The molecule has 0 radical (unpaired) electrons. The molecule has 0 bridgehead atoms. The molecule has 24 heteroatoms. The second-order valence-electron chi connectivity index (χ2n) is 20.3. The van der Waals surface area contributed by atoms with Gasteiger partial charge < -0.3 is 9.15 Å². The van der Waals surface area contributed by atoms with Crippen LogP contribution in [-0.2, 0) is 6.42 Å². The van der Waals surface area contributed by atoms with Crippen molar-refractivity contribution in [1.82, 2.24) is 105 Å². The van der Waals surface area contributed by atoms with Crippen LogP contribution in [0.2, 0.25) is 0 Å². The lowest BCUT2D eigenvalue weighted by molar-refractivity contribution is 0.415. The Hall–Kier alpha value is -10.8. The number of hydrogen-bond donors (Lipinski definition) is 0. The molecular weight excluding hydrogens is 1190 g/mol. The number of thiophene rings is 1.